The highest BCUT2D eigenvalue weighted by molar-refractivity contribution is 5.89. The molecule has 1 aromatic heterocycles. The maximum Gasteiger partial charge on any atom is 0.322 e. The second-order valence-corrected chi connectivity index (χ2v) is 9.11. The predicted octanol–water partition coefficient (Wildman–Crippen LogP) is 7.03. The number of nitrogens with one attached hydrogen (secondary N) is 2. The Kier molecular flexibility index (Phi) is 7.89. The smallest absolute Gasteiger partial charge is 0.322 e. The molecule has 0 radical (unpaired) electrons. The van der Waals surface area contributed by atoms with Gasteiger partial charge >= 0.3 is 6.03 Å². The largest absolute Gasteiger partial charge is 0.497 e. The minimum Gasteiger partial charge on any atom is -0.497 e. The number of anilines is 1. The Hall–Kier alpha value is -4.71. The molecule has 2 N–H and O–H groups in total. The quantitative estimate of drug-likeness (QED) is 0.214. The van der Waals surface area contributed by atoms with Crippen molar-refractivity contribution >= 4 is 22.6 Å². The van der Waals surface area contributed by atoms with Gasteiger partial charge in [-0.1, -0.05) is 60.7 Å². The van der Waals surface area contributed by atoms with Crippen molar-refractivity contribution in [3.63, 3.8) is 0 Å². The van der Waals surface area contributed by atoms with Crippen LogP contribution in [0, 0.1) is 0 Å². The SMILES string of the molecule is COc1ccc(NC(=O)N(CCc2c[nH]c3ccccc23)Cc2cccc(OCc3ccccc3)c2)cc1. The molecule has 0 spiro atoms. The van der Waals surface area contributed by atoms with E-state index >= 15 is 0 Å². The first-order chi connectivity index (χ1) is 18.7. The van der Waals surface area contributed by atoms with E-state index in [1.165, 1.54) is 10.9 Å². The van der Waals surface area contributed by atoms with Gasteiger partial charge in [0.15, 0.2) is 0 Å². The Bertz CT molecular complexity index is 1480. The lowest BCUT2D eigenvalue weighted by Gasteiger charge is -2.24. The summed E-state index contributed by atoms with van der Waals surface area (Å²) in [5, 5.41) is 4.21. The Balaban J connectivity index is 1.31. The maximum absolute atomic E-state index is 13.4. The van der Waals surface area contributed by atoms with Crippen molar-refractivity contribution in [1.82, 2.24) is 9.88 Å². The van der Waals surface area contributed by atoms with Gasteiger partial charge in [0, 0.05) is 35.9 Å². The molecule has 2 amide bonds. The van der Waals surface area contributed by atoms with Crippen LogP contribution in [0.15, 0.2) is 109 Å². The summed E-state index contributed by atoms with van der Waals surface area (Å²) in [6.07, 6.45) is 2.76. The van der Waals surface area contributed by atoms with Crippen molar-refractivity contribution in [3.05, 3.63) is 126 Å². The van der Waals surface area contributed by atoms with Crippen LogP contribution in [0.1, 0.15) is 16.7 Å². The summed E-state index contributed by atoms with van der Waals surface area (Å²) < 4.78 is 11.3. The number of nitrogens with zero attached hydrogens (tertiary/aromatic N) is 1. The number of carbonyl (C=O) groups is 1. The zero-order valence-electron chi connectivity index (χ0n) is 21.4. The number of aromatic nitrogens is 1. The standard InChI is InChI=1S/C32H31N3O3/c1-37-28-16-14-27(15-17-28)34-32(36)35(19-18-26-21-33-31-13-6-5-12-30(26)31)22-25-10-7-11-29(20-25)38-23-24-8-3-2-4-9-24/h2-17,20-21,33H,18-19,22-23H2,1H3,(H,34,36). The van der Waals surface area contributed by atoms with Crippen molar-refractivity contribution in [2.75, 3.05) is 19.0 Å². The first-order valence-corrected chi connectivity index (χ1v) is 12.7. The zero-order valence-corrected chi connectivity index (χ0v) is 21.4. The highest BCUT2D eigenvalue weighted by Crippen LogP contribution is 2.21. The number of hydrogen-bond donors (Lipinski definition) is 2. The number of H-pyrrole nitrogens is 1. The normalized spacial score (nSPS) is 10.8. The fourth-order valence-electron chi connectivity index (χ4n) is 4.42. The molecule has 0 aliphatic heterocycles. The van der Waals surface area contributed by atoms with E-state index in [0.29, 0.717) is 25.4 Å². The lowest BCUT2D eigenvalue weighted by molar-refractivity contribution is 0.209. The minimum atomic E-state index is -0.161. The molecule has 0 unspecified atom stereocenters. The summed E-state index contributed by atoms with van der Waals surface area (Å²) in [5.41, 5.74) is 5.10. The van der Waals surface area contributed by atoms with Gasteiger partial charge in [-0.3, -0.25) is 0 Å². The summed E-state index contributed by atoms with van der Waals surface area (Å²) in [7, 11) is 1.62. The number of methoxy groups -OCH3 is 1. The van der Waals surface area contributed by atoms with Gasteiger partial charge in [-0.25, -0.2) is 4.79 Å². The van der Waals surface area contributed by atoms with Crippen LogP contribution in [0.25, 0.3) is 10.9 Å². The highest BCUT2D eigenvalue weighted by Gasteiger charge is 2.16. The summed E-state index contributed by atoms with van der Waals surface area (Å²) in [6, 6.07) is 33.4. The predicted molar refractivity (Wildman–Crippen MR) is 152 cm³/mol. The van der Waals surface area contributed by atoms with Crippen LogP contribution >= 0.6 is 0 Å². The van der Waals surface area contributed by atoms with Gasteiger partial charge in [-0.05, 0) is 65.6 Å². The number of carbonyl (C=O) groups excluding carboxylic acids is 1. The number of ether oxygens (including phenoxy) is 2. The van der Waals surface area contributed by atoms with E-state index in [1.54, 1.807) is 7.11 Å². The molecule has 0 fully saturated rings. The third kappa shape index (κ3) is 6.34. The molecule has 0 aliphatic rings. The average Bonchev–Trinajstić information content (AvgIpc) is 3.38. The summed E-state index contributed by atoms with van der Waals surface area (Å²) in [4.78, 5) is 18.6. The van der Waals surface area contributed by atoms with Crippen LogP contribution in [0.2, 0.25) is 0 Å². The van der Waals surface area contributed by atoms with Crippen molar-refractivity contribution in [1.29, 1.82) is 0 Å². The zero-order chi connectivity index (χ0) is 26.2. The van der Waals surface area contributed by atoms with Crippen molar-refractivity contribution in [2.45, 2.75) is 19.6 Å². The van der Waals surface area contributed by atoms with E-state index in [9.17, 15) is 4.79 Å². The molecule has 4 aromatic carbocycles. The fourth-order valence-corrected chi connectivity index (χ4v) is 4.42. The highest BCUT2D eigenvalue weighted by atomic mass is 16.5. The van der Waals surface area contributed by atoms with Gasteiger partial charge in [-0.2, -0.15) is 0 Å². The number of urea groups is 1. The average molecular weight is 506 g/mol. The lowest BCUT2D eigenvalue weighted by atomic mass is 10.1. The topological polar surface area (TPSA) is 66.6 Å². The summed E-state index contributed by atoms with van der Waals surface area (Å²) >= 11 is 0. The number of fused-ring (bicyclic) bond motifs is 1. The van der Waals surface area contributed by atoms with Gasteiger partial charge in [0.1, 0.15) is 18.1 Å². The van der Waals surface area contributed by atoms with Gasteiger partial charge in [0.05, 0.1) is 7.11 Å². The summed E-state index contributed by atoms with van der Waals surface area (Å²) in [5.74, 6) is 1.52. The van der Waals surface area contributed by atoms with Gasteiger partial charge in [0.2, 0.25) is 0 Å². The van der Waals surface area contributed by atoms with Gasteiger partial charge < -0.3 is 24.7 Å². The van der Waals surface area contributed by atoms with E-state index in [1.807, 2.05) is 102 Å². The first-order valence-electron chi connectivity index (χ1n) is 12.7. The monoisotopic (exact) mass is 505 g/mol. The first kappa shape index (κ1) is 25.0. The van der Waals surface area contributed by atoms with Gasteiger partial charge in [-0.15, -0.1) is 0 Å². The molecule has 5 rings (SSSR count). The third-order valence-corrected chi connectivity index (χ3v) is 6.47. The third-order valence-electron chi connectivity index (χ3n) is 6.47. The fraction of sp³-hybridized carbons (Fsp3) is 0.156. The number of amides is 2. The molecule has 192 valence electrons. The second-order valence-electron chi connectivity index (χ2n) is 9.11. The number of para-hydroxylation sites is 1. The van der Waals surface area contributed by atoms with E-state index in [2.05, 4.69) is 22.4 Å². The molecular weight excluding hydrogens is 474 g/mol. The van der Waals surface area contributed by atoms with Crippen LogP contribution < -0.4 is 14.8 Å². The van der Waals surface area contributed by atoms with Crippen LogP contribution in [0.4, 0.5) is 10.5 Å². The molecule has 6 nitrogen and oxygen atoms in total. The Morgan fingerprint density at radius 2 is 1.61 bits per heavy atom. The van der Waals surface area contributed by atoms with E-state index < -0.39 is 0 Å². The number of rotatable bonds is 10. The van der Waals surface area contributed by atoms with Crippen molar-refractivity contribution in [2.24, 2.45) is 0 Å². The van der Waals surface area contributed by atoms with Gasteiger partial charge in [0.25, 0.3) is 0 Å². The Morgan fingerprint density at radius 3 is 2.42 bits per heavy atom. The number of benzene rings is 4. The van der Waals surface area contributed by atoms with Crippen LogP contribution in [0.3, 0.4) is 0 Å². The Labute approximate surface area is 222 Å². The number of aromatic amines is 1. The van der Waals surface area contributed by atoms with Crippen molar-refractivity contribution in [3.8, 4) is 11.5 Å². The lowest BCUT2D eigenvalue weighted by Crippen LogP contribution is -2.36. The second kappa shape index (κ2) is 12.0. The maximum atomic E-state index is 13.4. The van der Waals surface area contributed by atoms with Crippen LogP contribution in [-0.2, 0) is 19.6 Å². The molecule has 0 aliphatic carbocycles. The van der Waals surface area contributed by atoms with Crippen LogP contribution in [0.5, 0.6) is 11.5 Å². The van der Waals surface area contributed by atoms with E-state index in [0.717, 1.165) is 34.6 Å². The molecule has 0 atom stereocenters. The molecule has 0 saturated heterocycles. The van der Waals surface area contributed by atoms with E-state index in [4.69, 9.17) is 9.47 Å². The molecule has 6 heteroatoms. The molecule has 38 heavy (non-hydrogen) atoms. The van der Waals surface area contributed by atoms with Crippen molar-refractivity contribution < 1.29 is 14.3 Å². The van der Waals surface area contributed by atoms with Crippen LogP contribution in [-0.4, -0.2) is 29.6 Å². The summed E-state index contributed by atoms with van der Waals surface area (Å²) in [6.45, 7) is 1.50. The number of hydrogen-bond acceptors (Lipinski definition) is 3. The molecule has 0 saturated carbocycles. The molecule has 5 aromatic rings. The molecule has 1 heterocycles. The molecular formula is C32H31N3O3. The van der Waals surface area contributed by atoms with E-state index in [-0.39, 0.29) is 6.03 Å². The minimum absolute atomic E-state index is 0.161. The molecule has 0 bridgehead atoms. The Morgan fingerprint density at radius 1 is 0.842 bits per heavy atom.